The highest BCUT2D eigenvalue weighted by atomic mass is 15.1. The number of benzene rings is 1. The predicted octanol–water partition coefficient (Wildman–Crippen LogP) is 3.58. The lowest BCUT2D eigenvalue weighted by Crippen LogP contribution is -2.35. The van der Waals surface area contributed by atoms with Crippen LogP contribution in [0.4, 0.5) is 0 Å². The van der Waals surface area contributed by atoms with Crippen LogP contribution >= 0.6 is 0 Å². The van der Waals surface area contributed by atoms with Crippen LogP contribution in [0.25, 0.3) is 0 Å². The van der Waals surface area contributed by atoms with Crippen molar-refractivity contribution >= 4 is 0 Å². The van der Waals surface area contributed by atoms with Crippen LogP contribution < -0.4 is 5.32 Å². The Morgan fingerprint density at radius 3 is 2.30 bits per heavy atom. The number of likely N-dealkylation sites (N-methyl/N-ethyl adjacent to an activating group) is 1. The summed E-state index contributed by atoms with van der Waals surface area (Å²) < 4.78 is 0. The molecule has 20 heavy (non-hydrogen) atoms. The molecule has 0 aromatic heterocycles. The van der Waals surface area contributed by atoms with E-state index in [1.54, 1.807) is 0 Å². The highest BCUT2D eigenvalue weighted by Crippen LogP contribution is 2.22. The van der Waals surface area contributed by atoms with Gasteiger partial charge in [-0.1, -0.05) is 30.5 Å². The molecule has 0 heterocycles. The highest BCUT2D eigenvalue weighted by Gasteiger charge is 2.18. The van der Waals surface area contributed by atoms with Gasteiger partial charge in [0, 0.05) is 25.7 Å². The average molecular weight is 274 g/mol. The van der Waals surface area contributed by atoms with Gasteiger partial charge < -0.3 is 10.2 Å². The van der Waals surface area contributed by atoms with E-state index in [9.17, 15) is 0 Å². The number of rotatable bonds is 6. The summed E-state index contributed by atoms with van der Waals surface area (Å²) in [4.78, 5) is 2.54. The van der Waals surface area contributed by atoms with Gasteiger partial charge in [-0.15, -0.1) is 0 Å². The molecular formula is C18H30N2. The van der Waals surface area contributed by atoms with Gasteiger partial charge >= 0.3 is 0 Å². The van der Waals surface area contributed by atoms with E-state index in [0.29, 0.717) is 0 Å². The Labute approximate surface area is 124 Å². The van der Waals surface area contributed by atoms with Crippen LogP contribution in [0.15, 0.2) is 12.1 Å². The Bertz CT molecular complexity index is 410. The fourth-order valence-corrected chi connectivity index (χ4v) is 3.49. The lowest BCUT2D eigenvalue weighted by molar-refractivity contribution is 0.245. The van der Waals surface area contributed by atoms with Crippen LogP contribution in [0.5, 0.6) is 0 Å². The SMILES string of the molecule is Cc1cc(C)c(CNCCN(C)C2CCCC2)c(C)c1. The van der Waals surface area contributed by atoms with Gasteiger partial charge in [0.25, 0.3) is 0 Å². The predicted molar refractivity (Wildman–Crippen MR) is 87.2 cm³/mol. The van der Waals surface area contributed by atoms with Gasteiger partial charge in [0.1, 0.15) is 0 Å². The molecule has 0 spiro atoms. The van der Waals surface area contributed by atoms with Crippen LogP contribution in [0.3, 0.4) is 0 Å². The van der Waals surface area contributed by atoms with Gasteiger partial charge in [0.15, 0.2) is 0 Å². The maximum atomic E-state index is 3.62. The largest absolute Gasteiger partial charge is 0.311 e. The molecule has 1 fully saturated rings. The Balaban J connectivity index is 1.76. The molecule has 0 aliphatic heterocycles. The zero-order valence-corrected chi connectivity index (χ0v) is 13.6. The van der Waals surface area contributed by atoms with E-state index < -0.39 is 0 Å². The highest BCUT2D eigenvalue weighted by molar-refractivity contribution is 5.37. The van der Waals surface area contributed by atoms with Crippen molar-refractivity contribution in [3.8, 4) is 0 Å². The fraction of sp³-hybridized carbons (Fsp3) is 0.667. The van der Waals surface area contributed by atoms with Crippen molar-refractivity contribution < 1.29 is 0 Å². The zero-order valence-electron chi connectivity index (χ0n) is 13.6. The van der Waals surface area contributed by atoms with Crippen LogP contribution in [0.2, 0.25) is 0 Å². The normalized spacial score (nSPS) is 16.2. The Kier molecular flexibility index (Phi) is 5.62. The first-order valence-electron chi connectivity index (χ1n) is 8.05. The summed E-state index contributed by atoms with van der Waals surface area (Å²) in [5.41, 5.74) is 5.67. The van der Waals surface area contributed by atoms with E-state index in [4.69, 9.17) is 0 Å². The summed E-state index contributed by atoms with van der Waals surface area (Å²) in [7, 11) is 2.28. The average Bonchev–Trinajstić information content (AvgIpc) is 2.90. The third-order valence-electron chi connectivity index (χ3n) is 4.73. The molecule has 1 aromatic carbocycles. The quantitative estimate of drug-likeness (QED) is 0.798. The third-order valence-corrected chi connectivity index (χ3v) is 4.73. The number of hydrogen-bond donors (Lipinski definition) is 1. The van der Waals surface area contributed by atoms with Crippen LogP contribution in [-0.4, -0.2) is 31.1 Å². The van der Waals surface area contributed by atoms with Crippen LogP contribution in [0, 0.1) is 20.8 Å². The second-order valence-corrected chi connectivity index (χ2v) is 6.47. The number of aryl methyl sites for hydroxylation is 3. The maximum absolute atomic E-state index is 3.62. The van der Waals surface area contributed by atoms with E-state index >= 15 is 0 Å². The van der Waals surface area contributed by atoms with Gasteiger partial charge in [-0.25, -0.2) is 0 Å². The number of nitrogens with one attached hydrogen (secondary N) is 1. The van der Waals surface area contributed by atoms with Gasteiger partial charge in [-0.2, -0.15) is 0 Å². The summed E-state index contributed by atoms with van der Waals surface area (Å²) in [6, 6.07) is 5.41. The summed E-state index contributed by atoms with van der Waals surface area (Å²) >= 11 is 0. The number of hydrogen-bond acceptors (Lipinski definition) is 2. The molecule has 1 aliphatic rings. The first-order valence-corrected chi connectivity index (χ1v) is 8.05. The van der Waals surface area contributed by atoms with Crippen molar-refractivity contribution in [3.63, 3.8) is 0 Å². The molecule has 1 aliphatic carbocycles. The van der Waals surface area contributed by atoms with E-state index in [1.165, 1.54) is 47.9 Å². The van der Waals surface area contributed by atoms with Crippen molar-refractivity contribution in [1.82, 2.24) is 10.2 Å². The van der Waals surface area contributed by atoms with Crippen LogP contribution in [0.1, 0.15) is 47.9 Å². The van der Waals surface area contributed by atoms with E-state index in [2.05, 4.69) is 50.2 Å². The lowest BCUT2D eigenvalue weighted by Gasteiger charge is -2.24. The first-order chi connectivity index (χ1) is 9.58. The zero-order chi connectivity index (χ0) is 14.5. The van der Waals surface area contributed by atoms with Crippen molar-refractivity contribution in [3.05, 3.63) is 34.4 Å². The minimum Gasteiger partial charge on any atom is -0.311 e. The smallest absolute Gasteiger partial charge is 0.0211 e. The van der Waals surface area contributed by atoms with Gasteiger partial charge in [-0.3, -0.25) is 0 Å². The summed E-state index contributed by atoms with van der Waals surface area (Å²) in [6.45, 7) is 9.86. The summed E-state index contributed by atoms with van der Waals surface area (Å²) in [5, 5.41) is 3.62. The van der Waals surface area contributed by atoms with Crippen molar-refractivity contribution in [2.45, 2.75) is 59.0 Å². The topological polar surface area (TPSA) is 15.3 Å². The van der Waals surface area contributed by atoms with Gasteiger partial charge in [0.2, 0.25) is 0 Å². The fourth-order valence-electron chi connectivity index (χ4n) is 3.49. The van der Waals surface area contributed by atoms with Gasteiger partial charge in [0.05, 0.1) is 0 Å². The molecule has 1 N–H and O–H groups in total. The molecule has 1 aromatic rings. The Hall–Kier alpha value is -0.860. The van der Waals surface area contributed by atoms with Crippen molar-refractivity contribution in [1.29, 1.82) is 0 Å². The van der Waals surface area contributed by atoms with Crippen LogP contribution in [-0.2, 0) is 6.54 Å². The molecule has 0 radical (unpaired) electrons. The molecule has 0 saturated heterocycles. The molecule has 2 rings (SSSR count). The van der Waals surface area contributed by atoms with Crippen molar-refractivity contribution in [2.24, 2.45) is 0 Å². The Morgan fingerprint density at radius 1 is 1.10 bits per heavy atom. The number of nitrogens with zero attached hydrogens (tertiary/aromatic N) is 1. The monoisotopic (exact) mass is 274 g/mol. The van der Waals surface area contributed by atoms with E-state index in [-0.39, 0.29) is 0 Å². The minimum absolute atomic E-state index is 0.833. The van der Waals surface area contributed by atoms with Gasteiger partial charge in [-0.05, 0) is 57.4 Å². The molecule has 2 nitrogen and oxygen atoms in total. The molecular weight excluding hydrogens is 244 g/mol. The second kappa shape index (κ2) is 7.24. The molecule has 0 amide bonds. The molecule has 0 bridgehead atoms. The molecule has 0 unspecified atom stereocenters. The molecule has 112 valence electrons. The van der Waals surface area contributed by atoms with E-state index in [0.717, 1.165) is 25.7 Å². The molecule has 0 atom stereocenters. The Morgan fingerprint density at radius 2 is 1.70 bits per heavy atom. The molecule has 2 heteroatoms. The third kappa shape index (κ3) is 4.07. The van der Waals surface area contributed by atoms with E-state index in [1.807, 2.05) is 0 Å². The molecule has 1 saturated carbocycles. The summed E-state index contributed by atoms with van der Waals surface area (Å²) in [6.07, 6.45) is 5.63. The summed E-state index contributed by atoms with van der Waals surface area (Å²) in [5.74, 6) is 0. The lowest BCUT2D eigenvalue weighted by atomic mass is 10.00. The second-order valence-electron chi connectivity index (χ2n) is 6.47. The minimum atomic E-state index is 0.833. The maximum Gasteiger partial charge on any atom is 0.0211 e. The van der Waals surface area contributed by atoms with Crippen molar-refractivity contribution in [2.75, 3.05) is 20.1 Å². The standard InChI is InChI=1S/C18H30N2/c1-14-11-15(2)18(16(3)12-14)13-19-9-10-20(4)17-7-5-6-8-17/h11-12,17,19H,5-10,13H2,1-4H3. The first kappa shape index (κ1) is 15.5.